The molecule has 0 aromatic carbocycles. The summed E-state index contributed by atoms with van der Waals surface area (Å²) in [7, 11) is 0. The molecular weight excluding hydrogens is 252 g/mol. The highest BCUT2D eigenvalue weighted by molar-refractivity contribution is 5.86. The van der Waals surface area contributed by atoms with Gasteiger partial charge in [-0.1, -0.05) is 0 Å². The molecule has 0 saturated carbocycles. The first-order valence-electron chi connectivity index (χ1n) is 5.31. The van der Waals surface area contributed by atoms with Gasteiger partial charge in [-0.3, -0.25) is 14.7 Å². The molecule has 19 heavy (non-hydrogen) atoms. The third-order valence-electron chi connectivity index (χ3n) is 2.75. The molecule has 0 spiro atoms. The molecule has 0 radical (unpaired) electrons. The van der Waals surface area contributed by atoms with E-state index in [0.717, 1.165) is 12.1 Å². The lowest BCUT2D eigenvalue weighted by Gasteiger charge is -2.06. The van der Waals surface area contributed by atoms with Crippen LogP contribution in [-0.4, -0.2) is 30.5 Å². The number of carboxylic acids is 1. The Morgan fingerprint density at radius 1 is 1.42 bits per heavy atom. The third-order valence-corrected chi connectivity index (χ3v) is 2.75. The fourth-order valence-electron chi connectivity index (χ4n) is 1.59. The minimum absolute atomic E-state index is 0.0528. The standard InChI is InChI=1S/C11H10N4O4/c1-6-7(2)14(5-12-6)10-9(15(18)19)4-3-8(13-10)11(16)17/h3-5H,1-2H3,(H,16,17). The van der Waals surface area contributed by atoms with Crippen LogP contribution in [-0.2, 0) is 0 Å². The van der Waals surface area contributed by atoms with Crippen LogP contribution < -0.4 is 0 Å². The number of hydrogen-bond acceptors (Lipinski definition) is 5. The van der Waals surface area contributed by atoms with Crippen LogP contribution in [0.25, 0.3) is 5.82 Å². The molecule has 8 nitrogen and oxygen atoms in total. The second kappa shape index (κ2) is 4.48. The van der Waals surface area contributed by atoms with Crippen molar-refractivity contribution in [1.82, 2.24) is 14.5 Å². The average Bonchev–Trinajstić information content (AvgIpc) is 2.69. The molecule has 0 amide bonds. The van der Waals surface area contributed by atoms with Crippen molar-refractivity contribution in [2.75, 3.05) is 0 Å². The minimum atomic E-state index is -1.24. The van der Waals surface area contributed by atoms with E-state index in [2.05, 4.69) is 9.97 Å². The van der Waals surface area contributed by atoms with Crippen molar-refractivity contribution in [2.24, 2.45) is 0 Å². The van der Waals surface area contributed by atoms with E-state index in [0.29, 0.717) is 11.4 Å². The Kier molecular flexibility index (Phi) is 2.99. The van der Waals surface area contributed by atoms with E-state index in [1.807, 2.05) is 0 Å². The SMILES string of the molecule is Cc1ncn(-c2nc(C(=O)O)ccc2[N+](=O)[O-])c1C. The first-order chi connectivity index (χ1) is 8.91. The first-order valence-corrected chi connectivity index (χ1v) is 5.31. The molecule has 98 valence electrons. The molecule has 0 aliphatic heterocycles. The summed E-state index contributed by atoms with van der Waals surface area (Å²) in [6, 6.07) is 2.23. The predicted molar refractivity (Wildman–Crippen MR) is 64.4 cm³/mol. The van der Waals surface area contributed by atoms with Crippen LogP contribution in [0.1, 0.15) is 21.9 Å². The first kappa shape index (κ1) is 12.7. The Morgan fingerprint density at radius 3 is 2.58 bits per heavy atom. The van der Waals surface area contributed by atoms with Crippen LogP contribution in [0.2, 0.25) is 0 Å². The summed E-state index contributed by atoms with van der Waals surface area (Å²) in [4.78, 5) is 29.1. The summed E-state index contributed by atoms with van der Waals surface area (Å²) in [5.41, 5.74) is 0.826. The van der Waals surface area contributed by atoms with Gasteiger partial charge in [-0.2, -0.15) is 0 Å². The lowest BCUT2D eigenvalue weighted by atomic mass is 10.3. The number of aromatic carboxylic acids is 1. The maximum Gasteiger partial charge on any atom is 0.354 e. The van der Waals surface area contributed by atoms with Gasteiger partial charge in [-0.25, -0.2) is 14.8 Å². The van der Waals surface area contributed by atoms with Crippen molar-refractivity contribution in [1.29, 1.82) is 0 Å². The van der Waals surface area contributed by atoms with Crippen molar-refractivity contribution in [3.8, 4) is 5.82 Å². The minimum Gasteiger partial charge on any atom is -0.477 e. The highest BCUT2D eigenvalue weighted by Crippen LogP contribution is 2.23. The van der Waals surface area contributed by atoms with E-state index >= 15 is 0 Å². The van der Waals surface area contributed by atoms with Crippen LogP contribution in [0, 0.1) is 24.0 Å². The Bertz CT molecular complexity index is 677. The van der Waals surface area contributed by atoms with Crippen LogP contribution in [0.3, 0.4) is 0 Å². The van der Waals surface area contributed by atoms with Crippen molar-refractivity contribution in [2.45, 2.75) is 13.8 Å². The fourth-order valence-corrected chi connectivity index (χ4v) is 1.59. The number of hydrogen-bond donors (Lipinski definition) is 1. The zero-order chi connectivity index (χ0) is 14.2. The summed E-state index contributed by atoms with van der Waals surface area (Å²) in [5.74, 6) is -1.30. The van der Waals surface area contributed by atoms with Gasteiger partial charge in [0.05, 0.1) is 10.6 Å². The molecule has 1 N–H and O–H groups in total. The summed E-state index contributed by atoms with van der Waals surface area (Å²) in [6.45, 7) is 3.47. The van der Waals surface area contributed by atoms with Crippen LogP contribution in [0.5, 0.6) is 0 Å². The highest BCUT2D eigenvalue weighted by atomic mass is 16.6. The van der Waals surface area contributed by atoms with Gasteiger partial charge in [0.25, 0.3) is 0 Å². The molecule has 2 aromatic rings. The largest absolute Gasteiger partial charge is 0.477 e. The second-order valence-electron chi connectivity index (χ2n) is 3.89. The van der Waals surface area contributed by atoms with E-state index < -0.39 is 10.9 Å². The molecule has 2 rings (SSSR count). The Labute approximate surface area is 107 Å². The molecule has 2 heterocycles. The molecule has 0 aliphatic carbocycles. The fraction of sp³-hybridized carbons (Fsp3) is 0.182. The van der Waals surface area contributed by atoms with Gasteiger partial charge >= 0.3 is 11.7 Å². The normalized spacial score (nSPS) is 10.4. The molecule has 8 heteroatoms. The van der Waals surface area contributed by atoms with E-state index in [1.54, 1.807) is 13.8 Å². The van der Waals surface area contributed by atoms with E-state index in [4.69, 9.17) is 5.11 Å². The van der Waals surface area contributed by atoms with Gasteiger partial charge in [-0.15, -0.1) is 0 Å². The molecule has 0 saturated heterocycles. The molecular formula is C11H10N4O4. The second-order valence-corrected chi connectivity index (χ2v) is 3.89. The number of pyridine rings is 1. The van der Waals surface area contributed by atoms with Crippen LogP contribution in [0.4, 0.5) is 5.69 Å². The molecule has 0 atom stereocenters. The maximum atomic E-state index is 11.0. The van der Waals surface area contributed by atoms with Gasteiger partial charge in [-0.05, 0) is 19.9 Å². The molecule has 0 unspecified atom stereocenters. The number of carbonyl (C=O) groups is 1. The number of aryl methyl sites for hydroxylation is 1. The average molecular weight is 262 g/mol. The van der Waals surface area contributed by atoms with Crippen molar-refractivity contribution >= 4 is 11.7 Å². The lowest BCUT2D eigenvalue weighted by Crippen LogP contribution is -2.08. The Hall–Kier alpha value is -2.77. The molecule has 0 aliphatic rings. The van der Waals surface area contributed by atoms with Crippen LogP contribution in [0.15, 0.2) is 18.5 Å². The number of carboxylic acid groups (broad SMARTS) is 1. The Balaban J connectivity index is 2.71. The monoisotopic (exact) mass is 262 g/mol. The van der Waals surface area contributed by atoms with Crippen molar-refractivity contribution in [3.05, 3.63) is 45.7 Å². The zero-order valence-electron chi connectivity index (χ0n) is 10.2. The quantitative estimate of drug-likeness (QED) is 0.662. The van der Waals surface area contributed by atoms with Crippen LogP contribution >= 0.6 is 0 Å². The summed E-state index contributed by atoms with van der Waals surface area (Å²) >= 11 is 0. The zero-order valence-corrected chi connectivity index (χ0v) is 10.2. The molecule has 0 fully saturated rings. The summed E-state index contributed by atoms with van der Waals surface area (Å²) in [6.07, 6.45) is 1.38. The highest BCUT2D eigenvalue weighted by Gasteiger charge is 2.21. The van der Waals surface area contributed by atoms with E-state index in [9.17, 15) is 14.9 Å². The number of aromatic nitrogens is 3. The summed E-state index contributed by atoms with van der Waals surface area (Å²) in [5, 5.41) is 19.9. The van der Waals surface area contributed by atoms with Gasteiger partial charge in [0.1, 0.15) is 6.33 Å². The van der Waals surface area contributed by atoms with E-state index in [-0.39, 0.29) is 17.2 Å². The number of imidazole rings is 1. The van der Waals surface area contributed by atoms with Gasteiger partial charge < -0.3 is 5.11 Å². The third kappa shape index (κ3) is 2.15. The number of rotatable bonds is 3. The van der Waals surface area contributed by atoms with Crippen molar-refractivity contribution < 1.29 is 14.8 Å². The summed E-state index contributed by atoms with van der Waals surface area (Å²) < 4.78 is 1.40. The van der Waals surface area contributed by atoms with Gasteiger partial charge in [0.15, 0.2) is 5.69 Å². The van der Waals surface area contributed by atoms with Crippen molar-refractivity contribution in [3.63, 3.8) is 0 Å². The molecule has 0 bridgehead atoms. The lowest BCUT2D eigenvalue weighted by molar-refractivity contribution is -0.384. The number of nitro groups is 1. The topological polar surface area (TPSA) is 111 Å². The maximum absolute atomic E-state index is 11.0. The van der Waals surface area contributed by atoms with Gasteiger partial charge in [0.2, 0.25) is 5.82 Å². The van der Waals surface area contributed by atoms with Gasteiger partial charge in [0, 0.05) is 11.8 Å². The molecule has 2 aromatic heterocycles. The number of nitrogens with zero attached hydrogens (tertiary/aromatic N) is 4. The van der Waals surface area contributed by atoms with E-state index in [1.165, 1.54) is 10.9 Å². The smallest absolute Gasteiger partial charge is 0.354 e. The Morgan fingerprint density at radius 2 is 2.11 bits per heavy atom. The predicted octanol–water partition coefficient (Wildman–Crippen LogP) is 1.49.